The van der Waals surface area contributed by atoms with Crippen LogP contribution in [0, 0.1) is 34.5 Å². The predicted octanol–water partition coefficient (Wildman–Crippen LogP) is 2.07. The van der Waals surface area contributed by atoms with Gasteiger partial charge in [-0.2, -0.15) is 0 Å². The zero-order chi connectivity index (χ0) is 18.9. The van der Waals surface area contributed by atoms with Gasteiger partial charge < -0.3 is 10.2 Å². The Morgan fingerprint density at radius 1 is 1.15 bits per heavy atom. The summed E-state index contributed by atoms with van der Waals surface area (Å²) >= 11 is 0. The largest absolute Gasteiger partial charge is 0.388 e. The first-order chi connectivity index (χ1) is 12.2. The van der Waals surface area contributed by atoms with Crippen LogP contribution in [0.5, 0.6) is 0 Å². The van der Waals surface area contributed by atoms with Crippen molar-refractivity contribution in [1.29, 1.82) is 0 Å². The first kappa shape index (κ1) is 18.3. The van der Waals surface area contributed by atoms with Gasteiger partial charge in [0.05, 0.1) is 0 Å². The SMILES string of the molecule is C[C@@]12CCC(=O)C[C@@H]1CC[C@H]1[C@H]2C(=O)C[C@]2(C)[C@@H]1CC[C@@]2(O)C(=O)CO. The summed E-state index contributed by atoms with van der Waals surface area (Å²) in [5, 5.41) is 20.5. The highest BCUT2D eigenvalue weighted by Crippen LogP contribution is 2.67. The lowest BCUT2D eigenvalue weighted by molar-refractivity contribution is -0.178. The Morgan fingerprint density at radius 2 is 1.88 bits per heavy atom. The minimum absolute atomic E-state index is 0.0565. The molecular formula is C21H30O5. The minimum atomic E-state index is -1.59. The number of aliphatic hydroxyl groups is 2. The molecule has 0 heterocycles. The summed E-state index contributed by atoms with van der Waals surface area (Å²) in [6.45, 7) is 3.40. The summed E-state index contributed by atoms with van der Waals surface area (Å²) in [5.41, 5.74) is -2.50. The second kappa shape index (κ2) is 5.71. The van der Waals surface area contributed by atoms with Crippen LogP contribution in [0.25, 0.3) is 0 Å². The number of fused-ring (bicyclic) bond motifs is 5. The first-order valence-corrected chi connectivity index (χ1v) is 10.1. The van der Waals surface area contributed by atoms with Gasteiger partial charge in [-0.1, -0.05) is 13.8 Å². The molecule has 0 amide bonds. The van der Waals surface area contributed by atoms with Crippen molar-refractivity contribution in [1.82, 2.24) is 0 Å². The van der Waals surface area contributed by atoms with E-state index in [1.807, 2.05) is 6.92 Å². The Morgan fingerprint density at radius 3 is 2.58 bits per heavy atom. The monoisotopic (exact) mass is 362 g/mol. The lowest BCUT2D eigenvalue weighted by atomic mass is 9.44. The molecule has 26 heavy (non-hydrogen) atoms. The lowest BCUT2D eigenvalue weighted by Gasteiger charge is -2.59. The summed E-state index contributed by atoms with van der Waals surface area (Å²) in [6.07, 6.45) is 5.07. The van der Waals surface area contributed by atoms with Gasteiger partial charge in [0.15, 0.2) is 5.78 Å². The van der Waals surface area contributed by atoms with Gasteiger partial charge in [-0.05, 0) is 55.3 Å². The molecule has 0 radical (unpaired) electrons. The van der Waals surface area contributed by atoms with Crippen molar-refractivity contribution in [3.05, 3.63) is 0 Å². The zero-order valence-electron chi connectivity index (χ0n) is 15.8. The molecule has 4 rings (SSSR count). The van der Waals surface area contributed by atoms with Crippen LogP contribution in [0.3, 0.4) is 0 Å². The van der Waals surface area contributed by atoms with Gasteiger partial charge in [0, 0.05) is 30.6 Å². The summed E-state index contributed by atoms with van der Waals surface area (Å²) in [6, 6.07) is 0. The topological polar surface area (TPSA) is 91.7 Å². The van der Waals surface area contributed by atoms with Gasteiger partial charge in [0.2, 0.25) is 0 Å². The second-order valence-electron chi connectivity index (χ2n) is 9.81. The van der Waals surface area contributed by atoms with Crippen molar-refractivity contribution in [2.75, 3.05) is 6.61 Å². The molecule has 144 valence electrons. The van der Waals surface area contributed by atoms with Gasteiger partial charge in [-0.15, -0.1) is 0 Å². The fourth-order valence-electron chi connectivity index (χ4n) is 7.45. The van der Waals surface area contributed by atoms with Crippen LogP contribution in [-0.4, -0.2) is 39.8 Å². The van der Waals surface area contributed by atoms with Crippen molar-refractivity contribution in [2.24, 2.45) is 34.5 Å². The highest BCUT2D eigenvalue weighted by atomic mass is 16.3. The lowest BCUT2D eigenvalue weighted by Crippen LogP contribution is -2.62. The summed E-state index contributed by atoms with van der Waals surface area (Å²) in [7, 11) is 0. The molecule has 2 N–H and O–H groups in total. The van der Waals surface area contributed by atoms with Crippen molar-refractivity contribution in [3.8, 4) is 0 Å². The average molecular weight is 362 g/mol. The number of hydrogen-bond acceptors (Lipinski definition) is 5. The molecule has 4 aliphatic rings. The van der Waals surface area contributed by atoms with Crippen molar-refractivity contribution >= 4 is 17.3 Å². The van der Waals surface area contributed by atoms with Crippen LogP contribution in [-0.2, 0) is 14.4 Å². The van der Waals surface area contributed by atoms with E-state index in [9.17, 15) is 24.6 Å². The maximum atomic E-state index is 13.3. The normalized spacial score (nSPS) is 50.8. The molecule has 0 aliphatic heterocycles. The summed E-state index contributed by atoms with van der Waals surface area (Å²) in [5.74, 6) is 0.468. The molecule has 0 aromatic rings. The van der Waals surface area contributed by atoms with E-state index in [1.165, 1.54) is 0 Å². The number of rotatable bonds is 2. The van der Waals surface area contributed by atoms with Gasteiger partial charge in [0.25, 0.3) is 0 Å². The molecule has 0 saturated heterocycles. The van der Waals surface area contributed by atoms with E-state index in [0.717, 1.165) is 25.7 Å². The number of aliphatic hydroxyl groups excluding tert-OH is 1. The molecule has 4 aliphatic carbocycles. The Kier molecular flexibility index (Phi) is 4.02. The number of ketones is 3. The molecule has 7 atom stereocenters. The molecule has 5 nitrogen and oxygen atoms in total. The number of hydrogen-bond donors (Lipinski definition) is 2. The number of Topliss-reactive ketones (excluding diaryl/α,β-unsaturated/α-hetero) is 3. The van der Waals surface area contributed by atoms with E-state index in [-0.39, 0.29) is 41.3 Å². The highest BCUT2D eigenvalue weighted by molar-refractivity contribution is 5.92. The Hall–Kier alpha value is -1.07. The fourth-order valence-corrected chi connectivity index (χ4v) is 7.45. The molecule has 4 saturated carbocycles. The molecular weight excluding hydrogens is 332 g/mol. The van der Waals surface area contributed by atoms with Crippen LogP contribution < -0.4 is 0 Å². The van der Waals surface area contributed by atoms with E-state index in [4.69, 9.17) is 0 Å². The van der Waals surface area contributed by atoms with Crippen molar-refractivity contribution in [2.45, 2.75) is 70.8 Å². The van der Waals surface area contributed by atoms with Gasteiger partial charge in [0.1, 0.15) is 23.8 Å². The molecule has 5 heteroatoms. The Labute approximate surface area is 154 Å². The molecule has 0 bridgehead atoms. The second-order valence-corrected chi connectivity index (χ2v) is 9.81. The van der Waals surface area contributed by atoms with Gasteiger partial charge >= 0.3 is 0 Å². The first-order valence-electron chi connectivity index (χ1n) is 10.1. The predicted molar refractivity (Wildman–Crippen MR) is 94.2 cm³/mol. The Balaban J connectivity index is 1.71. The molecule has 0 spiro atoms. The minimum Gasteiger partial charge on any atom is -0.388 e. The number of carbonyl (C=O) groups excluding carboxylic acids is 3. The van der Waals surface area contributed by atoms with Crippen LogP contribution in [0.15, 0.2) is 0 Å². The van der Waals surface area contributed by atoms with E-state index >= 15 is 0 Å². The van der Waals surface area contributed by atoms with E-state index in [2.05, 4.69) is 6.92 Å². The molecule has 0 aromatic carbocycles. The Bertz CT molecular complexity index is 671. The fraction of sp³-hybridized carbons (Fsp3) is 0.857. The molecule has 4 fully saturated rings. The maximum absolute atomic E-state index is 13.3. The molecule has 0 aromatic heterocycles. The average Bonchev–Trinajstić information content (AvgIpc) is 2.86. The number of carbonyl (C=O) groups is 3. The van der Waals surface area contributed by atoms with Crippen LogP contribution >= 0.6 is 0 Å². The smallest absolute Gasteiger partial charge is 0.190 e. The van der Waals surface area contributed by atoms with Gasteiger partial charge in [-0.25, -0.2) is 0 Å². The third-order valence-corrected chi connectivity index (χ3v) is 8.93. The molecule has 0 unspecified atom stereocenters. The van der Waals surface area contributed by atoms with E-state index in [1.54, 1.807) is 0 Å². The quantitative estimate of drug-likeness (QED) is 0.785. The van der Waals surface area contributed by atoms with Crippen molar-refractivity contribution in [3.63, 3.8) is 0 Å². The third-order valence-electron chi connectivity index (χ3n) is 8.93. The maximum Gasteiger partial charge on any atom is 0.190 e. The van der Waals surface area contributed by atoms with E-state index < -0.39 is 23.4 Å². The zero-order valence-corrected chi connectivity index (χ0v) is 15.8. The summed E-state index contributed by atoms with van der Waals surface area (Å²) < 4.78 is 0. The van der Waals surface area contributed by atoms with Crippen LogP contribution in [0.2, 0.25) is 0 Å². The van der Waals surface area contributed by atoms with Crippen molar-refractivity contribution < 1.29 is 24.6 Å². The van der Waals surface area contributed by atoms with Crippen LogP contribution in [0.4, 0.5) is 0 Å². The van der Waals surface area contributed by atoms with Crippen LogP contribution in [0.1, 0.15) is 65.2 Å². The van der Waals surface area contributed by atoms with E-state index in [0.29, 0.717) is 25.0 Å². The van der Waals surface area contributed by atoms with Gasteiger partial charge in [-0.3, -0.25) is 14.4 Å². The standard InChI is InChI=1S/C21H30O5/c1-19-7-5-13(23)9-12(19)3-4-14-15-6-8-21(26,17(25)11-22)20(15,2)10-16(24)18(14)19/h12,14-15,18,22,26H,3-11H2,1-2H3/t12-,14+,15+,18-,19+,20+,21+/m0/s1. The third kappa shape index (κ3) is 2.13. The summed E-state index contributed by atoms with van der Waals surface area (Å²) in [4.78, 5) is 37.6. The highest BCUT2D eigenvalue weighted by Gasteiger charge is 2.68.